The summed E-state index contributed by atoms with van der Waals surface area (Å²) in [5.41, 5.74) is 6.55. The molecule has 0 saturated carbocycles. The normalized spacial score (nSPS) is 10.2. The fourth-order valence-electron chi connectivity index (χ4n) is 2.18. The second-order valence-corrected chi connectivity index (χ2v) is 5.41. The van der Waals surface area contributed by atoms with E-state index < -0.39 is 17.6 Å². The van der Waals surface area contributed by atoms with E-state index in [-0.39, 0.29) is 18.7 Å². The number of methoxy groups -OCH3 is 1. The minimum atomic E-state index is -0.599. The maximum Gasteiger partial charge on any atom is 0.255 e. The number of rotatable bonds is 7. The van der Waals surface area contributed by atoms with Crippen LogP contribution in [-0.4, -0.2) is 25.5 Å². The predicted molar refractivity (Wildman–Crippen MR) is 90.0 cm³/mol. The molecule has 2 rings (SSSR count). The summed E-state index contributed by atoms with van der Waals surface area (Å²) >= 11 is 0. The number of hydrogen-bond acceptors (Lipinski definition) is 4. The van der Waals surface area contributed by atoms with E-state index in [2.05, 4.69) is 5.32 Å². The molecule has 3 N–H and O–H groups in total. The minimum absolute atomic E-state index is 0.00613. The molecule has 0 saturated heterocycles. The number of ether oxygens (including phenoxy) is 2. The highest BCUT2D eigenvalue weighted by Crippen LogP contribution is 2.28. The molecule has 0 aliphatic heterocycles. The molecule has 132 valence electrons. The highest BCUT2D eigenvalue weighted by Gasteiger charge is 2.12. The molecule has 6 nitrogen and oxygen atoms in total. The molecule has 25 heavy (non-hydrogen) atoms. The third kappa shape index (κ3) is 4.94. The van der Waals surface area contributed by atoms with E-state index in [9.17, 15) is 14.0 Å². The van der Waals surface area contributed by atoms with Crippen molar-refractivity contribution in [1.29, 1.82) is 0 Å². The van der Waals surface area contributed by atoms with E-state index in [0.717, 1.165) is 11.1 Å². The van der Waals surface area contributed by atoms with Gasteiger partial charge in [-0.2, -0.15) is 0 Å². The van der Waals surface area contributed by atoms with Crippen molar-refractivity contribution < 1.29 is 23.5 Å². The maximum absolute atomic E-state index is 13.7. The minimum Gasteiger partial charge on any atom is -0.493 e. The van der Waals surface area contributed by atoms with Gasteiger partial charge >= 0.3 is 0 Å². The van der Waals surface area contributed by atoms with Crippen LogP contribution in [0.5, 0.6) is 11.5 Å². The molecule has 2 amide bonds. The standard InChI is InChI=1S/C18H19FN2O4/c1-11-3-5-14(19)13(7-11)18(23)21-9-12-4-6-15(16(8-12)24-2)25-10-17(20)22/h3-8H,9-10H2,1-2H3,(H2,20,22)(H,21,23). The van der Waals surface area contributed by atoms with Gasteiger partial charge in [-0.25, -0.2) is 4.39 Å². The lowest BCUT2D eigenvalue weighted by Gasteiger charge is -2.12. The van der Waals surface area contributed by atoms with Crippen LogP contribution in [0.4, 0.5) is 4.39 Å². The van der Waals surface area contributed by atoms with Gasteiger partial charge in [0.2, 0.25) is 0 Å². The Balaban J connectivity index is 2.06. The van der Waals surface area contributed by atoms with Crippen molar-refractivity contribution in [3.05, 3.63) is 58.9 Å². The van der Waals surface area contributed by atoms with Crippen LogP contribution in [-0.2, 0) is 11.3 Å². The number of carbonyl (C=O) groups excluding carboxylic acids is 2. The number of carbonyl (C=O) groups is 2. The zero-order valence-corrected chi connectivity index (χ0v) is 14.0. The first-order valence-electron chi connectivity index (χ1n) is 7.53. The summed E-state index contributed by atoms with van der Waals surface area (Å²) in [6, 6.07) is 9.32. The van der Waals surface area contributed by atoms with E-state index in [4.69, 9.17) is 15.2 Å². The first kappa shape index (κ1) is 18.3. The Morgan fingerprint density at radius 1 is 1.16 bits per heavy atom. The SMILES string of the molecule is COc1cc(CNC(=O)c2cc(C)ccc2F)ccc1OCC(N)=O. The summed E-state index contributed by atoms with van der Waals surface area (Å²) in [5.74, 6) is -0.917. The maximum atomic E-state index is 13.7. The van der Waals surface area contributed by atoms with Crippen molar-refractivity contribution in [2.24, 2.45) is 5.73 Å². The van der Waals surface area contributed by atoms with Gasteiger partial charge in [-0.15, -0.1) is 0 Å². The lowest BCUT2D eigenvalue weighted by atomic mass is 10.1. The number of nitrogens with one attached hydrogen (secondary N) is 1. The summed E-state index contributed by atoms with van der Waals surface area (Å²) in [6.07, 6.45) is 0. The van der Waals surface area contributed by atoms with Gasteiger partial charge in [0, 0.05) is 6.54 Å². The topological polar surface area (TPSA) is 90.7 Å². The van der Waals surface area contributed by atoms with E-state index in [1.165, 1.54) is 19.2 Å². The number of benzene rings is 2. The second kappa shape index (κ2) is 8.14. The summed E-state index contributed by atoms with van der Waals surface area (Å²) in [4.78, 5) is 22.9. The Labute approximate surface area is 144 Å². The van der Waals surface area contributed by atoms with Gasteiger partial charge in [0.1, 0.15) is 5.82 Å². The Bertz CT molecular complexity index is 793. The van der Waals surface area contributed by atoms with E-state index in [1.807, 2.05) is 0 Å². The molecule has 7 heteroatoms. The summed E-state index contributed by atoms with van der Waals surface area (Å²) in [7, 11) is 1.46. The van der Waals surface area contributed by atoms with Gasteiger partial charge in [0.25, 0.3) is 11.8 Å². The molecule has 0 atom stereocenters. The van der Waals surface area contributed by atoms with E-state index in [0.29, 0.717) is 11.5 Å². The van der Waals surface area contributed by atoms with Crippen LogP contribution in [0.2, 0.25) is 0 Å². The average molecular weight is 346 g/mol. The summed E-state index contributed by atoms with van der Waals surface area (Å²) < 4.78 is 24.2. The molecular formula is C18H19FN2O4. The smallest absolute Gasteiger partial charge is 0.255 e. The second-order valence-electron chi connectivity index (χ2n) is 5.41. The fraction of sp³-hybridized carbons (Fsp3) is 0.222. The number of primary amides is 1. The van der Waals surface area contributed by atoms with Gasteiger partial charge in [0.05, 0.1) is 12.7 Å². The van der Waals surface area contributed by atoms with E-state index >= 15 is 0 Å². The van der Waals surface area contributed by atoms with Crippen molar-refractivity contribution in [3.63, 3.8) is 0 Å². The number of halogens is 1. The highest BCUT2D eigenvalue weighted by molar-refractivity contribution is 5.94. The Morgan fingerprint density at radius 2 is 1.92 bits per heavy atom. The molecule has 2 aromatic carbocycles. The quantitative estimate of drug-likeness (QED) is 0.801. The van der Waals surface area contributed by atoms with Crippen molar-refractivity contribution in [2.45, 2.75) is 13.5 Å². The van der Waals surface area contributed by atoms with Gasteiger partial charge < -0.3 is 20.5 Å². The molecule has 0 aliphatic rings. The molecule has 0 radical (unpaired) electrons. The van der Waals surface area contributed by atoms with Crippen LogP contribution in [0.15, 0.2) is 36.4 Å². The molecule has 0 fully saturated rings. The highest BCUT2D eigenvalue weighted by atomic mass is 19.1. The molecular weight excluding hydrogens is 327 g/mol. The van der Waals surface area contributed by atoms with Crippen molar-refractivity contribution in [2.75, 3.05) is 13.7 Å². The van der Waals surface area contributed by atoms with Crippen molar-refractivity contribution >= 4 is 11.8 Å². The number of aryl methyl sites for hydroxylation is 1. The van der Waals surface area contributed by atoms with Gasteiger partial charge in [0.15, 0.2) is 18.1 Å². The number of nitrogens with two attached hydrogens (primary N) is 1. The molecule has 0 aliphatic carbocycles. The van der Waals surface area contributed by atoms with Gasteiger partial charge in [-0.05, 0) is 36.8 Å². The number of amides is 2. The Morgan fingerprint density at radius 3 is 2.60 bits per heavy atom. The molecule has 0 bridgehead atoms. The summed E-state index contributed by atoms with van der Waals surface area (Å²) in [6.45, 7) is 1.70. The predicted octanol–water partition coefficient (Wildman–Crippen LogP) is 1.94. The average Bonchev–Trinajstić information content (AvgIpc) is 2.60. The zero-order valence-electron chi connectivity index (χ0n) is 14.0. The van der Waals surface area contributed by atoms with Crippen molar-refractivity contribution in [1.82, 2.24) is 5.32 Å². The van der Waals surface area contributed by atoms with Gasteiger partial charge in [-0.3, -0.25) is 9.59 Å². The van der Waals surface area contributed by atoms with Crippen LogP contribution < -0.4 is 20.5 Å². The lowest BCUT2D eigenvalue weighted by molar-refractivity contribution is -0.119. The monoisotopic (exact) mass is 346 g/mol. The first-order valence-corrected chi connectivity index (χ1v) is 7.53. The van der Waals surface area contributed by atoms with Crippen LogP contribution in [0.3, 0.4) is 0 Å². The van der Waals surface area contributed by atoms with Crippen LogP contribution in [0.1, 0.15) is 21.5 Å². The van der Waals surface area contributed by atoms with Crippen LogP contribution >= 0.6 is 0 Å². The lowest BCUT2D eigenvalue weighted by Crippen LogP contribution is -2.24. The van der Waals surface area contributed by atoms with Gasteiger partial charge in [-0.1, -0.05) is 17.7 Å². The van der Waals surface area contributed by atoms with E-state index in [1.54, 1.807) is 31.2 Å². The summed E-state index contributed by atoms with van der Waals surface area (Å²) in [5, 5.41) is 2.65. The molecule has 0 heterocycles. The zero-order chi connectivity index (χ0) is 18.4. The molecule has 2 aromatic rings. The third-order valence-corrected chi connectivity index (χ3v) is 3.42. The largest absolute Gasteiger partial charge is 0.493 e. The van der Waals surface area contributed by atoms with Crippen LogP contribution in [0, 0.1) is 12.7 Å². The Kier molecular flexibility index (Phi) is 5.94. The Hall–Kier alpha value is -3.09. The van der Waals surface area contributed by atoms with Crippen LogP contribution in [0.25, 0.3) is 0 Å². The molecule has 0 spiro atoms. The van der Waals surface area contributed by atoms with Crippen molar-refractivity contribution in [3.8, 4) is 11.5 Å². The number of hydrogen-bond donors (Lipinski definition) is 2. The first-order chi connectivity index (χ1) is 11.9. The molecule has 0 aromatic heterocycles. The third-order valence-electron chi connectivity index (χ3n) is 3.42. The molecule has 0 unspecified atom stereocenters. The fourth-order valence-corrected chi connectivity index (χ4v) is 2.18.